The normalized spacial score (nSPS) is 14.5. The summed E-state index contributed by atoms with van der Waals surface area (Å²) < 4.78 is 68.2. The van der Waals surface area contributed by atoms with Gasteiger partial charge < -0.3 is 33.8 Å². The monoisotopic (exact) mass is 1370 g/mol. The van der Waals surface area contributed by atoms with Crippen LogP contribution in [-0.2, 0) is 65.4 Å². The molecule has 0 aliphatic heterocycles. The third-order valence-electron chi connectivity index (χ3n) is 15.4. The van der Waals surface area contributed by atoms with Crippen LogP contribution in [-0.4, -0.2) is 96.7 Å². The highest BCUT2D eigenvalue weighted by molar-refractivity contribution is 7.47. The van der Waals surface area contributed by atoms with Crippen LogP contribution in [0.4, 0.5) is 0 Å². The van der Waals surface area contributed by atoms with Gasteiger partial charge in [-0.25, -0.2) is 9.13 Å². The van der Waals surface area contributed by atoms with Gasteiger partial charge in [-0.05, 0) is 77.0 Å². The molecular formula is C75H132O17P2. The molecule has 0 spiro atoms. The van der Waals surface area contributed by atoms with E-state index >= 15 is 0 Å². The molecule has 0 aromatic carbocycles. The number of aliphatic hydroxyl groups is 1. The molecule has 3 N–H and O–H groups in total. The highest BCUT2D eigenvalue weighted by Crippen LogP contribution is 2.45. The average Bonchev–Trinajstić information content (AvgIpc) is 1.55. The smallest absolute Gasteiger partial charge is 0.462 e. The summed E-state index contributed by atoms with van der Waals surface area (Å²) in [6, 6.07) is 0. The van der Waals surface area contributed by atoms with Gasteiger partial charge in [-0.3, -0.25) is 37.3 Å². The first-order valence-electron chi connectivity index (χ1n) is 36.8. The van der Waals surface area contributed by atoms with Gasteiger partial charge in [0.15, 0.2) is 12.2 Å². The van der Waals surface area contributed by atoms with Gasteiger partial charge in [0.05, 0.1) is 32.8 Å². The number of carbonyl (C=O) groups is 4. The molecule has 94 heavy (non-hydrogen) atoms. The maximum atomic E-state index is 13.0. The fourth-order valence-electron chi connectivity index (χ4n) is 9.80. The Kier molecular flexibility index (Phi) is 65.1. The van der Waals surface area contributed by atoms with E-state index in [9.17, 15) is 43.2 Å². The van der Waals surface area contributed by atoms with E-state index in [1.54, 1.807) is 6.08 Å². The maximum Gasteiger partial charge on any atom is 0.472 e. The number of rotatable bonds is 69. The molecule has 0 aromatic rings. The molecule has 0 saturated carbocycles. The summed E-state index contributed by atoms with van der Waals surface area (Å²) in [5, 5.41) is 10.6. The molecule has 19 heteroatoms. The largest absolute Gasteiger partial charge is 0.472 e. The Bertz CT molecular complexity index is 2120. The summed E-state index contributed by atoms with van der Waals surface area (Å²) in [5.74, 6) is -2.32. The van der Waals surface area contributed by atoms with Gasteiger partial charge in [0.2, 0.25) is 0 Å². The third kappa shape index (κ3) is 66.8. The summed E-state index contributed by atoms with van der Waals surface area (Å²) in [7, 11) is -9.96. The predicted octanol–water partition coefficient (Wildman–Crippen LogP) is 20.7. The molecule has 544 valence electrons. The second-order valence-electron chi connectivity index (χ2n) is 24.5. The Morgan fingerprint density at radius 1 is 0.319 bits per heavy atom. The van der Waals surface area contributed by atoms with Crippen LogP contribution in [0.3, 0.4) is 0 Å². The van der Waals surface area contributed by atoms with Crippen LogP contribution in [0.25, 0.3) is 0 Å². The minimum atomic E-state index is -4.99. The van der Waals surface area contributed by atoms with Gasteiger partial charge in [0.1, 0.15) is 19.3 Å². The SMILES string of the molecule is CC/C=C\C/C=C\C/C=C\C/C=C\C/C=C\CC(=O)OCC(COP(=O)(O)OCC(O)COP(=O)(O)OCC(COC(=O)CCCCCCCCCCCCCCCCC)OC(=O)CCCCCCCCCCCCC)OC(=O)CCCCCCC/C=C\C/C=C\CCC. The molecule has 0 bridgehead atoms. The number of allylic oxidation sites excluding steroid dienone is 13. The standard InChI is InChI=1S/C75H132O17P2/c1-5-9-13-17-21-25-29-32-34-37-40-43-47-51-55-59-72(77)85-65-70(91-74(79)61-57-53-49-45-39-28-24-20-16-12-8-4)67-89-93(81,82)87-63-69(76)64-88-94(83,84)90-68-71(92-75(80)62-58-54-50-46-42-36-31-27-23-19-15-11-7-3)66-86-73(78)60-56-52-48-44-41-38-35-33-30-26-22-18-14-10-6-2/h10,14-15,19,22,26-27,31,33,35,41,44,52,56,69-71,76H,5-9,11-13,16-18,20-21,23-25,28-30,32,34,36-40,42-43,45-51,53-55,57-68H2,1-4H3,(H,81,82)(H,83,84)/b14-10-,19-15-,26-22-,31-27-,35-33-,44-41-,56-52-. The number of esters is 4. The lowest BCUT2D eigenvalue weighted by molar-refractivity contribution is -0.161. The van der Waals surface area contributed by atoms with Gasteiger partial charge >= 0.3 is 39.5 Å². The number of phosphoric acid groups is 2. The van der Waals surface area contributed by atoms with E-state index in [1.807, 2.05) is 18.2 Å². The fraction of sp³-hybridized carbons (Fsp3) is 0.760. The number of ether oxygens (including phenoxy) is 4. The minimum absolute atomic E-state index is 0.0602. The molecule has 0 aliphatic rings. The van der Waals surface area contributed by atoms with Crippen LogP contribution in [0.5, 0.6) is 0 Å². The topological polar surface area (TPSA) is 237 Å². The van der Waals surface area contributed by atoms with Crippen molar-refractivity contribution < 1.29 is 80.2 Å². The van der Waals surface area contributed by atoms with Gasteiger partial charge in [0.25, 0.3) is 0 Å². The highest BCUT2D eigenvalue weighted by Gasteiger charge is 2.30. The highest BCUT2D eigenvalue weighted by atomic mass is 31.2. The molecule has 0 rings (SSSR count). The first kappa shape index (κ1) is 90.2. The lowest BCUT2D eigenvalue weighted by Gasteiger charge is -2.21. The van der Waals surface area contributed by atoms with Crippen LogP contribution in [0, 0.1) is 0 Å². The fourth-order valence-corrected chi connectivity index (χ4v) is 11.4. The second kappa shape index (κ2) is 67.8. The van der Waals surface area contributed by atoms with Crippen molar-refractivity contribution in [2.24, 2.45) is 0 Å². The Labute approximate surface area is 570 Å². The molecule has 0 amide bonds. The molecule has 0 aromatic heterocycles. The zero-order valence-corrected chi connectivity index (χ0v) is 60.9. The molecule has 0 aliphatic carbocycles. The van der Waals surface area contributed by atoms with Crippen LogP contribution in [0.15, 0.2) is 85.1 Å². The van der Waals surface area contributed by atoms with E-state index < -0.39 is 97.5 Å². The molecular weight excluding hydrogens is 1230 g/mol. The van der Waals surface area contributed by atoms with E-state index in [2.05, 4.69) is 88.5 Å². The molecule has 0 fully saturated rings. The maximum absolute atomic E-state index is 13.0. The van der Waals surface area contributed by atoms with E-state index in [1.165, 1.54) is 109 Å². The van der Waals surface area contributed by atoms with Gasteiger partial charge in [-0.2, -0.15) is 0 Å². The molecule has 0 saturated heterocycles. The van der Waals surface area contributed by atoms with Crippen LogP contribution < -0.4 is 0 Å². The van der Waals surface area contributed by atoms with E-state index in [4.69, 9.17) is 37.0 Å². The first-order chi connectivity index (χ1) is 45.7. The quantitative estimate of drug-likeness (QED) is 0.0169. The summed E-state index contributed by atoms with van der Waals surface area (Å²) in [5.41, 5.74) is 0. The van der Waals surface area contributed by atoms with Gasteiger partial charge in [-0.1, -0.05) is 293 Å². The molecule has 17 nitrogen and oxygen atoms in total. The second-order valence-corrected chi connectivity index (χ2v) is 27.4. The predicted molar refractivity (Wildman–Crippen MR) is 381 cm³/mol. The van der Waals surface area contributed by atoms with Crippen molar-refractivity contribution in [3.05, 3.63) is 85.1 Å². The zero-order valence-electron chi connectivity index (χ0n) is 59.1. The number of aliphatic hydroxyl groups excluding tert-OH is 1. The summed E-state index contributed by atoms with van der Waals surface area (Å²) in [4.78, 5) is 72.6. The first-order valence-corrected chi connectivity index (χ1v) is 39.8. The third-order valence-corrected chi connectivity index (χ3v) is 17.3. The molecule has 0 heterocycles. The van der Waals surface area contributed by atoms with E-state index in [0.29, 0.717) is 25.7 Å². The summed E-state index contributed by atoms with van der Waals surface area (Å²) >= 11 is 0. The Balaban J connectivity index is 5.36. The molecule has 0 radical (unpaired) electrons. The van der Waals surface area contributed by atoms with E-state index in [-0.39, 0.29) is 25.7 Å². The number of carbonyl (C=O) groups excluding carboxylic acids is 4. The van der Waals surface area contributed by atoms with Gasteiger partial charge in [0, 0.05) is 19.3 Å². The Hall–Kier alpha value is -3.76. The van der Waals surface area contributed by atoms with Crippen molar-refractivity contribution >= 4 is 39.5 Å². The Morgan fingerprint density at radius 3 is 0.989 bits per heavy atom. The average molecular weight is 1370 g/mol. The van der Waals surface area contributed by atoms with E-state index in [0.717, 1.165) is 122 Å². The van der Waals surface area contributed by atoms with Gasteiger partial charge in [-0.15, -0.1) is 0 Å². The summed E-state index contributed by atoms with van der Waals surface area (Å²) in [6.45, 7) is 4.58. The van der Waals surface area contributed by atoms with Crippen LogP contribution >= 0.6 is 15.6 Å². The van der Waals surface area contributed by atoms with Crippen molar-refractivity contribution in [1.82, 2.24) is 0 Å². The lowest BCUT2D eigenvalue weighted by Crippen LogP contribution is -2.30. The number of hydrogen-bond acceptors (Lipinski definition) is 15. The molecule has 5 unspecified atom stereocenters. The Morgan fingerprint density at radius 2 is 0.617 bits per heavy atom. The molecule has 5 atom stereocenters. The minimum Gasteiger partial charge on any atom is -0.462 e. The number of phosphoric ester groups is 2. The number of unbranched alkanes of at least 4 members (excludes halogenated alkanes) is 30. The van der Waals surface area contributed by atoms with Crippen molar-refractivity contribution in [3.8, 4) is 0 Å². The van der Waals surface area contributed by atoms with Crippen molar-refractivity contribution in [2.45, 2.75) is 329 Å². The number of hydrogen-bond donors (Lipinski definition) is 3. The lowest BCUT2D eigenvalue weighted by atomic mass is 10.0. The van der Waals surface area contributed by atoms with Crippen LogP contribution in [0.2, 0.25) is 0 Å². The van der Waals surface area contributed by atoms with Crippen LogP contribution in [0.1, 0.15) is 310 Å². The van der Waals surface area contributed by atoms with Crippen molar-refractivity contribution in [3.63, 3.8) is 0 Å². The van der Waals surface area contributed by atoms with Crippen molar-refractivity contribution in [1.29, 1.82) is 0 Å². The zero-order chi connectivity index (χ0) is 69.0. The summed E-state index contributed by atoms with van der Waals surface area (Å²) in [6.07, 6.45) is 67.6. The van der Waals surface area contributed by atoms with Crippen molar-refractivity contribution in [2.75, 3.05) is 39.6 Å².